The van der Waals surface area contributed by atoms with Gasteiger partial charge in [-0.1, -0.05) is 27.5 Å². The number of carbonyl (C=O) groups is 1. The summed E-state index contributed by atoms with van der Waals surface area (Å²) in [6.45, 7) is 3.40. The molecule has 2 heterocycles. The van der Waals surface area contributed by atoms with E-state index in [9.17, 15) is 4.79 Å². The van der Waals surface area contributed by atoms with Gasteiger partial charge in [-0.05, 0) is 68.4 Å². The van der Waals surface area contributed by atoms with Crippen LogP contribution in [-0.4, -0.2) is 21.5 Å². The van der Waals surface area contributed by atoms with Crippen LogP contribution in [0.5, 0.6) is 5.75 Å². The second-order valence-electron chi connectivity index (χ2n) is 7.06. The first-order valence-corrected chi connectivity index (χ1v) is 10.3. The molecule has 2 aromatic heterocycles. The number of carbonyl (C=O) groups excluding carboxylic acids is 1. The molecule has 4 rings (SSSR count). The summed E-state index contributed by atoms with van der Waals surface area (Å²) >= 11 is 9.72. The molecule has 0 bridgehead atoms. The number of aromatic nitrogens is 2. The Balaban J connectivity index is 1.56. The fraction of sp³-hybridized carbons (Fsp3) is 0.136. The summed E-state index contributed by atoms with van der Waals surface area (Å²) in [5.41, 5.74) is 1.04. The molecule has 0 saturated heterocycles. The van der Waals surface area contributed by atoms with Crippen molar-refractivity contribution in [3.8, 4) is 17.2 Å². The molecule has 0 atom stereocenters. The number of nitrogens with one attached hydrogen (secondary N) is 1. The number of anilines is 1. The minimum absolute atomic E-state index is 0.307. The number of benzene rings is 2. The fourth-order valence-electron chi connectivity index (χ4n) is 2.78. The molecule has 0 radical (unpaired) electrons. The number of rotatable bonds is 5. The van der Waals surface area contributed by atoms with Crippen LogP contribution in [0.2, 0.25) is 5.02 Å². The summed E-state index contributed by atoms with van der Waals surface area (Å²) in [5.74, 6) is 0.613. The molecule has 2 aromatic carbocycles. The Morgan fingerprint density at radius 3 is 2.67 bits per heavy atom. The first kappa shape index (κ1) is 20.4. The Hall–Kier alpha value is -2.90. The maximum Gasteiger partial charge on any atom is 0.267 e. The van der Waals surface area contributed by atoms with Crippen LogP contribution in [-0.2, 0) is 4.79 Å². The Morgan fingerprint density at radius 2 is 1.93 bits per heavy atom. The monoisotopic (exact) mass is 485 g/mol. The zero-order chi connectivity index (χ0) is 21.3. The first-order valence-electron chi connectivity index (χ1n) is 9.09. The highest BCUT2D eigenvalue weighted by atomic mass is 79.9. The highest BCUT2D eigenvalue weighted by Gasteiger charge is 2.30. The molecule has 0 fully saturated rings. The third kappa shape index (κ3) is 4.32. The predicted octanol–water partition coefficient (Wildman–Crippen LogP) is 6.10. The normalized spacial score (nSPS) is 11.5. The van der Waals surface area contributed by atoms with Crippen LogP contribution >= 0.6 is 27.5 Å². The number of nitrogens with zero attached hydrogens (tertiary/aromatic N) is 2. The minimum Gasteiger partial charge on any atom is -0.478 e. The minimum atomic E-state index is -1.10. The lowest BCUT2D eigenvalue weighted by molar-refractivity contribution is -0.128. The smallest absolute Gasteiger partial charge is 0.267 e. The van der Waals surface area contributed by atoms with Crippen LogP contribution in [0.4, 0.5) is 5.69 Å². The average molecular weight is 487 g/mol. The molecular weight excluding hydrogens is 470 g/mol. The van der Waals surface area contributed by atoms with E-state index in [1.54, 1.807) is 62.5 Å². The largest absolute Gasteiger partial charge is 0.478 e. The van der Waals surface area contributed by atoms with Crippen LogP contribution in [0.3, 0.4) is 0 Å². The van der Waals surface area contributed by atoms with Gasteiger partial charge in [-0.25, -0.2) is 4.98 Å². The van der Waals surface area contributed by atoms with Crippen molar-refractivity contribution in [2.75, 3.05) is 5.32 Å². The number of fused-ring (bicyclic) bond motifs is 1. The number of hydrogen-bond donors (Lipinski definition) is 1. The van der Waals surface area contributed by atoms with Gasteiger partial charge in [0.1, 0.15) is 5.75 Å². The van der Waals surface area contributed by atoms with Crippen LogP contribution in [0.25, 0.3) is 22.7 Å². The third-order valence-corrected chi connectivity index (χ3v) is 5.21. The number of ether oxygens (including phenoxy) is 1. The molecule has 0 aliphatic carbocycles. The maximum absolute atomic E-state index is 12.9. The van der Waals surface area contributed by atoms with Gasteiger partial charge in [0.25, 0.3) is 5.91 Å². The molecule has 30 heavy (non-hydrogen) atoms. The van der Waals surface area contributed by atoms with Crippen LogP contribution in [0.15, 0.2) is 69.7 Å². The van der Waals surface area contributed by atoms with Crippen molar-refractivity contribution >= 4 is 50.4 Å². The number of halogens is 2. The standard InChI is InChI=1S/C22H17BrClN3O3/c1-22(2,30-15-8-5-13(23)6-9-15)21(28)26-14-7-10-17(24)16(12-14)20-27-19-18(29-20)4-3-11-25-19/h3-12H,1-2H3,(H,26,28). The Labute approximate surface area is 186 Å². The molecule has 4 aromatic rings. The van der Waals surface area contributed by atoms with Crippen LogP contribution in [0.1, 0.15) is 13.8 Å². The van der Waals surface area contributed by atoms with Crippen LogP contribution < -0.4 is 10.1 Å². The van der Waals surface area contributed by atoms with Gasteiger partial charge in [0.05, 0.1) is 10.6 Å². The van der Waals surface area contributed by atoms with E-state index in [4.69, 9.17) is 20.8 Å². The fourth-order valence-corrected chi connectivity index (χ4v) is 3.24. The number of amides is 1. The van der Waals surface area contributed by atoms with E-state index in [2.05, 4.69) is 31.2 Å². The summed E-state index contributed by atoms with van der Waals surface area (Å²) in [6, 6.07) is 15.9. The van der Waals surface area contributed by atoms with E-state index in [1.807, 2.05) is 12.1 Å². The van der Waals surface area contributed by atoms with Gasteiger partial charge in [0.15, 0.2) is 16.8 Å². The number of oxazole rings is 1. The van der Waals surface area contributed by atoms with E-state index in [0.717, 1.165) is 4.47 Å². The Kier molecular flexibility index (Phi) is 5.49. The molecule has 1 amide bonds. The van der Waals surface area contributed by atoms with Gasteiger partial charge in [-0.2, -0.15) is 4.98 Å². The van der Waals surface area contributed by atoms with Crippen molar-refractivity contribution in [3.05, 3.63) is 70.3 Å². The van der Waals surface area contributed by atoms with E-state index in [1.165, 1.54) is 0 Å². The molecule has 1 N–H and O–H groups in total. The van der Waals surface area contributed by atoms with Gasteiger partial charge < -0.3 is 14.5 Å². The van der Waals surface area contributed by atoms with Gasteiger partial charge in [-0.15, -0.1) is 0 Å². The van der Waals surface area contributed by atoms with E-state index >= 15 is 0 Å². The summed E-state index contributed by atoms with van der Waals surface area (Å²) in [4.78, 5) is 21.4. The van der Waals surface area contributed by atoms with Gasteiger partial charge in [0.2, 0.25) is 5.89 Å². The molecule has 6 nitrogen and oxygen atoms in total. The lowest BCUT2D eigenvalue weighted by atomic mass is 10.1. The Bertz CT molecular complexity index is 1190. The van der Waals surface area contributed by atoms with Crippen molar-refractivity contribution < 1.29 is 13.9 Å². The number of hydrogen-bond acceptors (Lipinski definition) is 5. The molecule has 0 aliphatic heterocycles. The van der Waals surface area contributed by atoms with E-state index in [-0.39, 0.29) is 5.91 Å². The predicted molar refractivity (Wildman–Crippen MR) is 120 cm³/mol. The van der Waals surface area contributed by atoms with Gasteiger partial charge in [-0.3, -0.25) is 4.79 Å². The van der Waals surface area contributed by atoms with Crippen molar-refractivity contribution in [2.24, 2.45) is 0 Å². The zero-order valence-electron chi connectivity index (χ0n) is 16.1. The van der Waals surface area contributed by atoms with Gasteiger partial charge in [0, 0.05) is 16.4 Å². The van der Waals surface area contributed by atoms with Crippen molar-refractivity contribution in [1.29, 1.82) is 0 Å². The Morgan fingerprint density at radius 1 is 1.17 bits per heavy atom. The number of pyridine rings is 1. The van der Waals surface area contributed by atoms with Gasteiger partial charge >= 0.3 is 0 Å². The second-order valence-corrected chi connectivity index (χ2v) is 8.38. The highest BCUT2D eigenvalue weighted by Crippen LogP contribution is 2.32. The molecule has 152 valence electrons. The highest BCUT2D eigenvalue weighted by molar-refractivity contribution is 9.10. The lowest BCUT2D eigenvalue weighted by Crippen LogP contribution is -2.42. The molecule has 8 heteroatoms. The summed E-state index contributed by atoms with van der Waals surface area (Å²) in [7, 11) is 0. The SMILES string of the molecule is CC(C)(Oc1ccc(Br)cc1)C(=O)Nc1ccc(Cl)c(-c2nc3ncccc3o2)c1. The van der Waals surface area contributed by atoms with E-state index < -0.39 is 5.60 Å². The van der Waals surface area contributed by atoms with Crippen LogP contribution in [0, 0.1) is 0 Å². The maximum atomic E-state index is 12.9. The topological polar surface area (TPSA) is 77.2 Å². The van der Waals surface area contributed by atoms with E-state index in [0.29, 0.717) is 39.1 Å². The first-order chi connectivity index (χ1) is 14.3. The quantitative estimate of drug-likeness (QED) is 0.369. The van der Waals surface area contributed by atoms with Crippen molar-refractivity contribution in [2.45, 2.75) is 19.4 Å². The zero-order valence-corrected chi connectivity index (χ0v) is 18.5. The molecular formula is C22H17BrClN3O3. The molecule has 0 saturated carbocycles. The average Bonchev–Trinajstić information content (AvgIpc) is 3.15. The second kappa shape index (κ2) is 8.08. The summed E-state index contributed by atoms with van der Waals surface area (Å²) in [6.07, 6.45) is 1.64. The molecule has 0 spiro atoms. The molecule has 0 unspecified atom stereocenters. The third-order valence-electron chi connectivity index (χ3n) is 4.35. The molecule has 0 aliphatic rings. The van der Waals surface area contributed by atoms with Crippen molar-refractivity contribution in [1.82, 2.24) is 9.97 Å². The lowest BCUT2D eigenvalue weighted by Gasteiger charge is -2.25. The van der Waals surface area contributed by atoms with Crippen molar-refractivity contribution in [3.63, 3.8) is 0 Å². The summed E-state index contributed by atoms with van der Waals surface area (Å²) < 4.78 is 12.6. The summed E-state index contributed by atoms with van der Waals surface area (Å²) in [5, 5.41) is 3.32.